The maximum atomic E-state index is 6.97. The van der Waals surface area contributed by atoms with Crippen molar-refractivity contribution in [1.82, 2.24) is 10.6 Å². The lowest BCUT2D eigenvalue weighted by Gasteiger charge is -2.47. The molecule has 0 aromatic heterocycles. The van der Waals surface area contributed by atoms with E-state index in [-0.39, 0.29) is 22.2 Å². The van der Waals surface area contributed by atoms with Crippen molar-refractivity contribution >= 4 is 16.6 Å². The summed E-state index contributed by atoms with van der Waals surface area (Å²) in [5, 5.41) is 8.54. The van der Waals surface area contributed by atoms with Crippen LogP contribution in [0.2, 0.25) is 36.3 Å². The van der Waals surface area contributed by atoms with Crippen LogP contribution in [0.5, 0.6) is 11.5 Å². The van der Waals surface area contributed by atoms with Gasteiger partial charge in [0, 0.05) is 23.2 Å². The van der Waals surface area contributed by atoms with Gasteiger partial charge in [0.05, 0.1) is 12.1 Å². The highest BCUT2D eigenvalue weighted by molar-refractivity contribution is 6.75. The van der Waals surface area contributed by atoms with E-state index in [1.165, 1.54) is 36.8 Å². The Kier molecular flexibility index (Phi) is 8.31. The summed E-state index contributed by atoms with van der Waals surface area (Å²) in [7, 11) is -4.01. The van der Waals surface area contributed by atoms with Crippen molar-refractivity contribution in [2.24, 2.45) is 0 Å². The number of piperazine rings is 1. The van der Waals surface area contributed by atoms with Crippen LogP contribution < -0.4 is 19.5 Å². The SMILES string of the molecule is CC(C)(C)[Si](C)(C)Oc1ccccc1[C@@H]1N[C@@H]2CCCC[C@H]2N[C@H]1c1ccccc1O[Si](C)(C)C(C)(C)C. The maximum Gasteiger partial charge on any atom is 0.250 e. The number of hydrogen-bond donors (Lipinski definition) is 2. The number of hydrogen-bond acceptors (Lipinski definition) is 4. The zero-order valence-corrected chi connectivity index (χ0v) is 27.6. The van der Waals surface area contributed by atoms with E-state index in [1.54, 1.807) is 0 Å². The van der Waals surface area contributed by atoms with Gasteiger partial charge < -0.3 is 19.5 Å². The summed E-state index contributed by atoms with van der Waals surface area (Å²) in [4.78, 5) is 0. The van der Waals surface area contributed by atoms with Gasteiger partial charge in [-0.3, -0.25) is 0 Å². The normalized spacial score (nSPS) is 25.0. The lowest BCUT2D eigenvalue weighted by atomic mass is 9.81. The maximum absolute atomic E-state index is 6.97. The molecule has 0 bridgehead atoms. The topological polar surface area (TPSA) is 42.5 Å². The van der Waals surface area contributed by atoms with E-state index >= 15 is 0 Å². The summed E-state index contributed by atoms with van der Waals surface area (Å²) in [6.45, 7) is 23.2. The van der Waals surface area contributed by atoms with Crippen molar-refractivity contribution in [3.05, 3.63) is 59.7 Å². The highest BCUT2D eigenvalue weighted by Crippen LogP contribution is 2.46. The third-order valence-electron chi connectivity index (χ3n) is 9.74. The van der Waals surface area contributed by atoms with Crippen LogP contribution in [-0.2, 0) is 0 Å². The van der Waals surface area contributed by atoms with E-state index in [4.69, 9.17) is 8.85 Å². The number of rotatable bonds is 6. The molecule has 4 nitrogen and oxygen atoms in total. The molecule has 210 valence electrons. The minimum atomic E-state index is -2.01. The van der Waals surface area contributed by atoms with Gasteiger partial charge >= 0.3 is 0 Å². The first-order chi connectivity index (χ1) is 17.6. The van der Waals surface area contributed by atoms with Gasteiger partial charge in [-0.15, -0.1) is 0 Å². The van der Waals surface area contributed by atoms with E-state index in [2.05, 4.69) is 127 Å². The van der Waals surface area contributed by atoms with E-state index in [0.717, 1.165) is 11.5 Å². The van der Waals surface area contributed by atoms with Crippen LogP contribution in [0.4, 0.5) is 0 Å². The summed E-state index contributed by atoms with van der Waals surface area (Å²) >= 11 is 0. The first-order valence-electron chi connectivity index (χ1n) is 14.7. The van der Waals surface area contributed by atoms with Gasteiger partial charge in [0.25, 0.3) is 0 Å². The van der Waals surface area contributed by atoms with Crippen molar-refractivity contribution in [3.63, 3.8) is 0 Å². The standard InChI is InChI=1S/C32H52N2O2Si2/c1-31(2,3)37(7,8)35-27-21-15-11-17-23(27)29-30(34-26-20-14-13-19-25(26)33-29)24-18-12-16-22-28(24)36-38(9,10)32(4,5)6/h11-12,15-18,21-22,25-26,29-30,33-34H,13-14,19-20H2,1-10H3/t25-,26-,29+,30+/m1/s1. The molecule has 2 aromatic rings. The number of para-hydroxylation sites is 2. The third kappa shape index (κ3) is 6.08. The average molecular weight is 553 g/mol. The fourth-order valence-corrected chi connectivity index (χ4v) is 7.32. The second-order valence-corrected chi connectivity index (χ2v) is 24.0. The van der Waals surface area contributed by atoms with Crippen molar-refractivity contribution in [2.45, 2.75) is 128 Å². The van der Waals surface area contributed by atoms with Crippen molar-refractivity contribution in [3.8, 4) is 11.5 Å². The molecular formula is C32H52N2O2Si2. The van der Waals surface area contributed by atoms with Gasteiger partial charge in [-0.1, -0.05) is 90.8 Å². The van der Waals surface area contributed by atoms with E-state index < -0.39 is 16.6 Å². The van der Waals surface area contributed by atoms with Gasteiger partial charge in [-0.2, -0.15) is 0 Å². The van der Waals surface area contributed by atoms with Crippen molar-refractivity contribution in [2.75, 3.05) is 0 Å². The molecule has 0 amide bonds. The molecule has 4 atom stereocenters. The Bertz CT molecular complexity index is 1020. The lowest BCUT2D eigenvalue weighted by molar-refractivity contribution is 0.166. The molecule has 2 N–H and O–H groups in total. The van der Waals surface area contributed by atoms with E-state index in [1.807, 2.05) is 0 Å². The van der Waals surface area contributed by atoms with Gasteiger partial charge in [-0.05, 0) is 61.2 Å². The number of benzene rings is 2. The molecule has 6 heteroatoms. The second kappa shape index (κ2) is 10.8. The molecule has 1 aliphatic heterocycles. The molecule has 0 spiro atoms. The largest absolute Gasteiger partial charge is 0.543 e. The minimum Gasteiger partial charge on any atom is -0.543 e. The molecule has 1 saturated heterocycles. The first-order valence-corrected chi connectivity index (χ1v) is 20.5. The quantitative estimate of drug-likeness (QED) is 0.352. The van der Waals surface area contributed by atoms with E-state index in [9.17, 15) is 0 Å². The Morgan fingerprint density at radius 3 is 1.29 bits per heavy atom. The molecule has 38 heavy (non-hydrogen) atoms. The predicted molar refractivity (Wildman–Crippen MR) is 166 cm³/mol. The van der Waals surface area contributed by atoms with Crippen LogP contribution in [0.25, 0.3) is 0 Å². The molecule has 2 fully saturated rings. The third-order valence-corrected chi connectivity index (χ3v) is 18.4. The molecule has 0 unspecified atom stereocenters. The summed E-state index contributed by atoms with van der Waals surface area (Å²) in [5.41, 5.74) is 2.50. The molecule has 2 aromatic carbocycles. The van der Waals surface area contributed by atoms with E-state index in [0.29, 0.717) is 12.1 Å². The Balaban J connectivity index is 1.78. The van der Waals surface area contributed by atoms with Gasteiger partial charge in [-0.25, -0.2) is 0 Å². The minimum absolute atomic E-state index is 0.0967. The summed E-state index contributed by atoms with van der Waals surface area (Å²) in [6.07, 6.45) is 5.02. The zero-order valence-electron chi connectivity index (χ0n) is 25.6. The Hall–Kier alpha value is -1.61. The molecule has 4 rings (SSSR count). The molecule has 2 aliphatic rings. The molecular weight excluding hydrogens is 501 g/mol. The Morgan fingerprint density at radius 2 is 0.947 bits per heavy atom. The zero-order chi connectivity index (χ0) is 27.9. The van der Waals surface area contributed by atoms with Gasteiger partial charge in [0.15, 0.2) is 0 Å². The molecule has 1 aliphatic carbocycles. The smallest absolute Gasteiger partial charge is 0.250 e. The predicted octanol–water partition coefficient (Wildman–Crippen LogP) is 8.74. The fraction of sp³-hybridized carbons (Fsp3) is 0.625. The van der Waals surface area contributed by atoms with Crippen molar-refractivity contribution < 1.29 is 8.85 Å². The van der Waals surface area contributed by atoms with Crippen LogP contribution in [0.1, 0.15) is 90.4 Å². The molecule has 0 radical (unpaired) electrons. The second-order valence-electron chi connectivity index (χ2n) is 14.6. The lowest BCUT2D eigenvalue weighted by Crippen LogP contribution is -2.59. The number of nitrogens with one attached hydrogen (secondary N) is 2. The van der Waals surface area contributed by atoms with Crippen LogP contribution >= 0.6 is 0 Å². The highest BCUT2D eigenvalue weighted by atomic mass is 28.4. The monoisotopic (exact) mass is 552 g/mol. The Labute approximate surface area is 234 Å². The average Bonchev–Trinajstić information content (AvgIpc) is 2.82. The first kappa shape index (κ1) is 29.4. The Morgan fingerprint density at radius 1 is 0.605 bits per heavy atom. The fourth-order valence-electron chi connectivity index (χ4n) is 5.24. The van der Waals surface area contributed by atoms with Gasteiger partial charge in [0.2, 0.25) is 16.6 Å². The van der Waals surface area contributed by atoms with Crippen molar-refractivity contribution in [1.29, 1.82) is 0 Å². The van der Waals surface area contributed by atoms with Crippen LogP contribution in [0.15, 0.2) is 48.5 Å². The summed E-state index contributed by atoms with van der Waals surface area (Å²) < 4.78 is 13.9. The summed E-state index contributed by atoms with van der Waals surface area (Å²) in [6, 6.07) is 18.6. The van der Waals surface area contributed by atoms with Crippen LogP contribution in [0, 0.1) is 0 Å². The van der Waals surface area contributed by atoms with Gasteiger partial charge in [0.1, 0.15) is 11.5 Å². The highest BCUT2D eigenvalue weighted by Gasteiger charge is 2.44. The molecule has 1 heterocycles. The number of fused-ring (bicyclic) bond motifs is 1. The van der Waals surface area contributed by atoms with Crippen LogP contribution in [0.3, 0.4) is 0 Å². The molecule has 1 saturated carbocycles. The summed E-state index contributed by atoms with van der Waals surface area (Å²) in [5.74, 6) is 2.06. The van der Waals surface area contributed by atoms with Crippen LogP contribution in [-0.4, -0.2) is 28.7 Å².